The van der Waals surface area contributed by atoms with Gasteiger partial charge in [0.2, 0.25) is 0 Å². The number of benzene rings is 1. The number of hydrogen-bond donors (Lipinski definition) is 0. The molecule has 1 aromatic heterocycles. The van der Waals surface area contributed by atoms with Crippen LogP contribution in [0.2, 0.25) is 0 Å². The molecular formula is C10H9ClN2S. The standard InChI is InChI=1S/C10H9ClN2S/c11-9(6-10-12-7-13-14-10)8-4-2-1-3-5-8/h1-5,7,9H,6H2. The quantitative estimate of drug-likeness (QED) is 0.749. The summed E-state index contributed by atoms with van der Waals surface area (Å²) < 4.78 is 3.94. The maximum atomic E-state index is 6.24. The molecule has 0 fully saturated rings. The molecule has 1 heterocycles. The molecule has 2 aromatic rings. The van der Waals surface area contributed by atoms with Crippen LogP contribution in [0.15, 0.2) is 36.7 Å². The molecule has 0 N–H and O–H groups in total. The average Bonchev–Trinajstić information content (AvgIpc) is 2.72. The van der Waals surface area contributed by atoms with E-state index in [0.29, 0.717) is 0 Å². The van der Waals surface area contributed by atoms with Crippen molar-refractivity contribution in [3.8, 4) is 0 Å². The van der Waals surface area contributed by atoms with E-state index in [0.717, 1.165) is 17.0 Å². The third-order valence-electron chi connectivity index (χ3n) is 1.92. The maximum Gasteiger partial charge on any atom is 0.129 e. The van der Waals surface area contributed by atoms with Gasteiger partial charge >= 0.3 is 0 Å². The fourth-order valence-corrected chi connectivity index (χ4v) is 2.15. The Bertz CT molecular complexity index is 374. The molecule has 72 valence electrons. The fourth-order valence-electron chi connectivity index (χ4n) is 1.22. The summed E-state index contributed by atoms with van der Waals surface area (Å²) in [6.45, 7) is 0. The minimum absolute atomic E-state index is 0.0100. The summed E-state index contributed by atoms with van der Waals surface area (Å²) in [5.74, 6) is 0. The molecule has 0 aliphatic rings. The molecule has 0 saturated heterocycles. The maximum absolute atomic E-state index is 6.24. The van der Waals surface area contributed by atoms with Gasteiger partial charge in [-0.25, -0.2) is 4.98 Å². The lowest BCUT2D eigenvalue weighted by atomic mass is 10.1. The predicted molar refractivity (Wildman–Crippen MR) is 58.6 cm³/mol. The normalized spacial score (nSPS) is 12.6. The van der Waals surface area contributed by atoms with Crippen LogP contribution in [0.25, 0.3) is 0 Å². The Hall–Kier alpha value is -0.930. The Morgan fingerprint density at radius 2 is 2.07 bits per heavy atom. The van der Waals surface area contributed by atoms with Crippen LogP contribution in [0, 0.1) is 0 Å². The first-order valence-corrected chi connectivity index (χ1v) is 5.52. The van der Waals surface area contributed by atoms with Gasteiger partial charge in [0.15, 0.2) is 0 Å². The first-order chi connectivity index (χ1) is 6.86. The minimum atomic E-state index is -0.0100. The van der Waals surface area contributed by atoms with Gasteiger partial charge in [-0.05, 0) is 17.1 Å². The lowest BCUT2D eigenvalue weighted by Gasteiger charge is -2.06. The zero-order valence-corrected chi connectivity index (χ0v) is 9.00. The molecule has 1 atom stereocenters. The average molecular weight is 225 g/mol. The van der Waals surface area contributed by atoms with Crippen molar-refractivity contribution in [2.75, 3.05) is 0 Å². The Morgan fingerprint density at radius 1 is 1.29 bits per heavy atom. The topological polar surface area (TPSA) is 25.8 Å². The molecule has 0 bridgehead atoms. The summed E-state index contributed by atoms with van der Waals surface area (Å²) in [5, 5.41) is 0.970. The fraction of sp³-hybridized carbons (Fsp3) is 0.200. The highest BCUT2D eigenvalue weighted by Crippen LogP contribution is 2.24. The molecule has 0 aliphatic heterocycles. The summed E-state index contributed by atoms with van der Waals surface area (Å²) >= 11 is 7.64. The van der Waals surface area contributed by atoms with Crippen LogP contribution in [-0.2, 0) is 6.42 Å². The lowest BCUT2D eigenvalue weighted by Crippen LogP contribution is -1.94. The first-order valence-electron chi connectivity index (χ1n) is 4.31. The monoisotopic (exact) mass is 224 g/mol. The molecule has 1 aromatic carbocycles. The summed E-state index contributed by atoms with van der Waals surface area (Å²) in [4.78, 5) is 4.10. The summed E-state index contributed by atoms with van der Waals surface area (Å²) in [5.41, 5.74) is 1.13. The van der Waals surface area contributed by atoms with Crippen molar-refractivity contribution in [2.45, 2.75) is 11.8 Å². The summed E-state index contributed by atoms with van der Waals surface area (Å²) in [6, 6.07) is 10.0. The molecular weight excluding hydrogens is 216 g/mol. The van der Waals surface area contributed by atoms with E-state index in [1.165, 1.54) is 11.5 Å². The SMILES string of the molecule is ClC(Cc1ncns1)c1ccccc1. The van der Waals surface area contributed by atoms with Gasteiger partial charge in [-0.1, -0.05) is 30.3 Å². The molecule has 0 amide bonds. The number of rotatable bonds is 3. The molecule has 4 heteroatoms. The summed E-state index contributed by atoms with van der Waals surface area (Å²) in [6.07, 6.45) is 2.31. The molecule has 14 heavy (non-hydrogen) atoms. The van der Waals surface area contributed by atoms with Crippen molar-refractivity contribution in [3.05, 3.63) is 47.2 Å². The van der Waals surface area contributed by atoms with Crippen LogP contribution in [0.3, 0.4) is 0 Å². The van der Waals surface area contributed by atoms with Gasteiger partial charge in [-0.3, -0.25) is 0 Å². The Balaban J connectivity index is 2.07. The largest absolute Gasteiger partial charge is 0.228 e. The van der Waals surface area contributed by atoms with E-state index in [9.17, 15) is 0 Å². The Morgan fingerprint density at radius 3 is 2.71 bits per heavy atom. The number of hydrogen-bond acceptors (Lipinski definition) is 3. The Kier molecular flexibility index (Phi) is 3.11. The zero-order valence-electron chi connectivity index (χ0n) is 7.43. The highest BCUT2D eigenvalue weighted by Gasteiger charge is 2.09. The molecule has 0 aliphatic carbocycles. The third kappa shape index (κ3) is 2.30. The zero-order chi connectivity index (χ0) is 9.80. The Labute approximate surface area is 91.7 Å². The van der Waals surface area contributed by atoms with Crippen LogP contribution in [-0.4, -0.2) is 9.36 Å². The van der Waals surface area contributed by atoms with Crippen LogP contribution in [0.1, 0.15) is 15.9 Å². The molecule has 0 radical (unpaired) electrons. The number of aromatic nitrogens is 2. The van der Waals surface area contributed by atoms with Crippen LogP contribution in [0.5, 0.6) is 0 Å². The van der Waals surface area contributed by atoms with Crippen molar-refractivity contribution < 1.29 is 0 Å². The second-order valence-corrected chi connectivity index (χ2v) is 4.31. The van der Waals surface area contributed by atoms with Crippen molar-refractivity contribution in [1.82, 2.24) is 9.36 Å². The van der Waals surface area contributed by atoms with E-state index in [1.807, 2.05) is 30.3 Å². The first kappa shape index (κ1) is 9.62. The van der Waals surface area contributed by atoms with Crippen LogP contribution < -0.4 is 0 Å². The number of nitrogens with zero attached hydrogens (tertiary/aromatic N) is 2. The third-order valence-corrected chi connectivity index (χ3v) is 3.01. The second-order valence-electron chi connectivity index (χ2n) is 2.92. The van der Waals surface area contributed by atoms with Gasteiger partial charge in [-0.2, -0.15) is 4.37 Å². The van der Waals surface area contributed by atoms with E-state index in [1.54, 1.807) is 6.33 Å². The van der Waals surface area contributed by atoms with Gasteiger partial charge in [0.1, 0.15) is 11.3 Å². The number of halogens is 1. The van der Waals surface area contributed by atoms with Crippen LogP contribution in [0.4, 0.5) is 0 Å². The summed E-state index contributed by atoms with van der Waals surface area (Å²) in [7, 11) is 0. The highest BCUT2D eigenvalue weighted by molar-refractivity contribution is 7.05. The lowest BCUT2D eigenvalue weighted by molar-refractivity contribution is 0.906. The molecule has 0 saturated carbocycles. The number of alkyl halides is 1. The van der Waals surface area contributed by atoms with E-state index in [2.05, 4.69) is 9.36 Å². The van der Waals surface area contributed by atoms with E-state index >= 15 is 0 Å². The van der Waals surface area contributed by atoms with Gasteiger partial charge < -0.3 is 0 Å². The molecule has 1 unspecified atom stereocenters. The minimum Gasteiger partial charge on any atom is -0.228 e. The highest BCUT2D eigenvalue weighted by atomic mass is 35.5. The molecule has 2 rings (SSSR count). The van der Waals surface area contributed by atoms with Crippen molar-refractivity contribution in [1.29, 1.82) is 0 Å². The molecule has 0 spiro atoms. The van der Waals surface area contributed by atoms with E-state index < -0.39 is 0 Å². The van der Waals surface area contributed by atoms with E-state index in [4.69, 9.17) is 11.6 Å². The van der Waals surface area contributed by atoms with Gasteiger partial charge in [-0.15, -0.1) is 11.6 Å². The van der Waals surface area contributed by atoms with Crippen molar-refractivity contribution in [2.24, 2.45) is 0 Å². The second kappa shape index (κ2) is 4.53. The predicted octanol–water partition coefficient (Wildman–Crippen LogP) is 3.06. The van der Waals surface area contributed by atoms with Crippen molar-refractivity contribution >= 4 is 23.1 Å². The van der Waals surface area contributed by atoms with Gasteiger partial charge in [0.05, 0.1) is 5.38 Å². The van der Waals surface area contributed by atoms with Gasteiger partial charge in [0, 0.05) is 6.42 Å². The van der Waals surface area contributed by atoms with Gasteiger partial charge in [0.25, 0.3) is 0 Å². The van der Waals surface area contributed by atoms with E-state index in [-0.39, 0.29) is 5.38 Å². The smallest absolute Gasteiger partial charge is 0.129 e. The van der Waals surface area contributed by atoms with Crippen LogP contribution >= 0.6 is 23.1 Å². The van der Waals surface area contributed by atoms with Crippen molar-refractivity contribution in [3.63, 3.8) is 0 Å². The molecule has 2 nitrogen and oxygen atoms in total.